The molecule has 0 spiro atoms. The van der Waals surface area contributed by atoms with Crippen molar-refractivity contribution in [1.82, 2.24) is 0 Å². The second-order valence-electron chi connectivity index (χ2n) is 2.35. The third-order valence-electron chi connectivity index (χ3n) is 1.43. The molecule has 0 heterocycles. The molecule has 64 valence electrons. The minimum Gasteiger partial charge on any atom is -0.356 e. The van der Waals surface area contributed by atoms with Crippen molar-refractivity contribution in [2.45, 2.75) is 5.79 Å². The summed E-state index contributed by atoms with van der Waals surface area (Å²) in [4.78, 5) is 10.1. The monoisotopic (exact) mass is 170 g/mol. The number of benzene rings is 1. The average molecular weight is 170 g/mol. The number of aliphatic hydroxyl groups is 2. The highest BCUT2D eigenvalue weighted by Crippen LogP contribution is 2.15. The summed E-state index contributed by atoms with van der Waals surface area (Å²) >= 11 is 0. The van der Waals surface area contributed by atoms with E-state index in [-0.39, 0.29) is 11.8 Å². The molecule has 0 aliphatic heterocycles. The second kappa shape index (κ2) is 3.00. The lowest BCUT2D eigenvalue weighted by Crippen LogP contribution is -2.26. The van der Waals surface area contributed by atoms with Gasteiger partial charge in [-0.25, -0.2) is 4.39 Å². The van der Waals surface area contributed by atoms with Gasteiger partial charge in [-0.1, -0.05) is 12.1 Å². The molecule has 4 heteroatoms. The van der Waals surface area contributed by atoms with E-state index in [9.17, 15) is 9.18 Å². The quantitative estimate of drug-likeness (QED) is 0.491. The van der Waals surface area contributed by atoms with Crippen molar-refractivity contribution >= 4 is 6.29 Å². The van der Waals surface area contributed by atoms with Crippen molar-refractivity contribution in [3.63, 3.8) is 0 Å². The molecule has 0 amide bonds. The molecule has 0 unspecified atom stereocenters. The SMILES string of the molecule is O=CC(O)(O)c1ccc(F)cc1. The first-order valence-corrected chi connectivity index (χ1v) is 3.23. The predicted octanol–water partition coefficient (Wildman–Crippen LogP) is 0.162. The smallest absolute Gasteiger partial charge is 0.248 e. The predicted molar refractivity (Wildman–Crippen MR) is 38.6 cm³/mol. The van der Waals surface area contributed by atoms with E-state index in [1.165, 1.54) is 0 Å². The normalized spacial score (nSPS) is 11.2. The molecule has 0 atom stereocenters. The van der Waals surface area contributed by atoms with Crippen molar-refractivity contribution in [2.75, 3.05) is 0 Å². The van der Waals surface area contributed by atoms with Crippen LogP contribution in [0.5, 0.6) is 0 Å². The molecule has 0 radical (unpaired) electrons. The zero-order chi connectivity index (χ0) is 9.19. The second-order valence-corrected chi connectivity index (χ2v) is 2.35. The van der Waals surface area contributed by atoms with E-state index in [4.69, 9.17) is 10.2 Å². The average Bonchev–Trinajstić information content (AvgIpc) is 2.05. The first-order chi connectivity index (χ1) is 5.56. The van der Waals surface area contributed by atoms with Gasteiger partial charge in [0.2, 0.25) is 5.79 Å². The number of hydrogen-bond acceptors (Lipinski definition) is 3. The van der Waals surface area contributed by atoms with Gasteiger partial charge in [0.1, 0.15) is 5.82 Å². The molecule has 0 saturated carbocycles. The van der Waals surface area contributed by atoms with Gasteiger partial charge >= 0.3 is 0 Å². The molecular formula is C8H7FO3. The minimum atomic E-state index is -2.52. The molecule has 0 bridgehead atoms. The lowest BCUT2D eigenvalue weighted by Gasteiger charge is -2.13. The summed E-state index contributed by atoms with van der Waals surface area (Å²) in [5, 5.41) is 17.9. The Morgan fingerprint density at radius 3 is 2.17 bits per heavy atom. The number of hydrogen-bond donors (Lipinski definition) is 2. The fraction of sp³-hybridized carbons (Fsp3) is 0.125. The van der Waals surface area contributed by atoms with Crippen LogP contribution in [0.4, 0.5) is 4.39 Å². The van der Waals surface area contributed by atoms with Crippen LogP contribution < -0.4 is 0 Å². The van der Waals surface area contributed by atoms with Gasteiger partial charge in [0, 0.05) is 5.56 Å². The molecule has 0 aliphatic rings. The Kier molecular flexibility index (Phi) is 2.21. The topological polar surface area (TPSA) is 57.5 Å². The van der Waals surface area contributed by atoms with E-state index in [1.54, 1.807) is 0 Å². The molecule has 1 rings (SSSR count). The van der Waals surface area contributed by atoms with Crippen LogP contribution in [0.15, 0.2) is 24.3 Å². The molecule has 0 aromatic heterocycles. The Labute approximate surface area is 68.1 Å². The van der Waals surface area contributed by atoms with Gasteiger partial charge in [-0.2, -0.15) is 0 Å². The first-order valence-electron chi connectivity index (χ1n) is 3.23. The summed E-state index contributed by atoms with van der Waals surface area (Å²) in [5.41, 5.74) is -0.0566. The Balaban J connectivity index is 3.04. The van der Waals surface area contributed by atoms with Gasteiger partial charge in [-0.15, -0.1) is 0 Å². The van der Waals surface area contributed by atoms with Crippen LogP contribution in [0.3, 0.4) is 0 Å². The Morgan fingerprint density at radius 2 is 1.75 bits per heavy atom. The van der Waals surface area contributed by atoms with Crippen LogP contribution in [-0.4, -0.2) is 16.5 Å². The summed E-state index contributed by atoms with van der Waals surface area (Å²) in [6, 6.07) is 4.34. The van der Waals surface area contributed by atoms with Gasteiger partial charge in [0.15, 0.2) is 6.29 Å². The Morgan fingerprint density at radius 1 is 1.25 bits per heavy atom. The first kappa shape index (κ1) is 8.83. The van der Waals surface area contributed by atoms with E-state index in [0.29, 0.717) is 0 Å². The Bertz CT molecular complexity index is 279. The number of halogens is 1. The van der Waals surface area contributed by atoms with E-state index in [2.05, 4.69) is 0 Å². The van der Waals surface area contributed by atoms with Crippen molar-refractivity contribution in [2.24, 2.45) is 0 Å². The van der Waals surface area contributed by atoms with Gasteiger partial charge in [0.05, 0.1) is 0 Å². The molecule has 12 heavy (non-hydrogen) atoms. The highest BCUT2D eigenvalue weighted by Gasteiger charge is 2.24. The number of aldehydes is 1. The van der Waals surface area contributed by atoms with Gasteiger partial charge in [-0.05, 0) is 12.1 Å². The maximum Gasteiger partial charge on any atom is 0.248 e. The molecule has 1 aromatic rings. The van der Waals surface area contributed by atoms with Crippen molar-refractivity contribution in [3.8, 4) is 0 Å². The third-order valence-corrected chi connectivity index (χ3v) is 1.43. The lowest BCUT2D eigenvalue weighted by molar-refractivity contribution is -0.173. The fourth-order valence-corrected chi connectivity index (χ4v) is 0.763. The highest BCUT2D eigenvalue weighted by atomic mass is 19.1. The highest BCUT2D eigenvalue weighted by molar-refractivity contribution is 5.62. The van der Waals surface area contributed by atoms with E-state index in [1.807, 2.05) is 0 Å². The maximum absolute atomic E-state index is 12.3. The zero-order valence-corrected chi connectivity index (χ0v) is 6.07. The van der Waals surface area contributed by atoms with Crippen molar-refractivity contribution in [3.05, 3.63) is 35.6 Å². The summed E-state index contributed by atoms with van der Waals surface area (Å²) in [6.45, 7) is 0. The summed E-state index contributed by atoms with van der Waals surface area (Å²) in [7, 11) is 0. The number of rotatable bonds is 2. The Hall–Kier alpha value is -1.26. The van der Waals surface area contributed by atoms with Gasteiger partial charge in [0.25, 0.3) is 0 Å². The van der Waals surface area contributed by atoms with Crippen LogP contribution in [0, 0.1) is 5.82 Å². The molecule has 0 aliphatic carbocycles. The molecule has 2 N–H and O–H groups in total. The summed E-state index contributed by atoms with van der Waals surface area (Å²) in [5.74, 6) is -3.02. The largest absolute Gasteiger partial charge is 0.356 e. The molecule has 0 saturated heterocycles. The minimum absolute atomic E-state index is 0.0275. The molecular weight excluding hydrogens is 163 g/mol. The van der Waals surface area contributed by atoms with Crippen molar-refractivity contribution < 1.29 is 19.4 Å². The molecule has 3 nitrogen and oxygen atoms in total. The zero-order valence-electron chi connectivity index (χ0n) is 6.07. The van der Waals surface area contributed by atoms with Crippen LogP contribution in [0.25, 0.3) is 0 Å². The van der Waals surface area contributed by atoms with Crippen LogP contribution >= 0.6 is 0 Å². The van der Waals surface area contributed by atoms with E-state index in [0.717, 1.165) is 24.3 Å². The fourth-order valence-electron chi connectivity index (χ4n) is 0.763. The van der Waals surface area contributed by atoms with Crippen LogP contribution in [0.1, 0.15) is 5.56 Å². The van der Waals surface area contributed by atoms with Gasteiger partial charge in [-0.3, -0.25) is 4.79 Å². The molecule has 1 aromatic carbocycles. The van der Waals surface area contributed by atoms with Crippen LogP contribution in [-0.2, 0) is 10.6 Å². The van der Waals surface area contributed by atoms with Crippen LogP contribution in [0.2, 0.25) is 0 Å². The van der Waals surface area contributed by atoms with E-state index < -0.39 is 11.6 Å². The lowest BCUT2D eigenvalue weighted by atomic mass is 10.1. The van der Waals surface area contributed by atoms with E-state index >= 15 is 0 Å². The summed E-state index contributed by atoms with van der Waals surface area (Å²) < 4.78 is 12.3. The standard InChI is InChI=1S/C8H7FO3/c9-7-3-1-6(2-4-7)8(11,12)5-10/h1-5,11-12H. The summed E-state index contributed by atoms with van der Waals surface area (Å²) in [6.07, 6.45) is -0.0275. The maximum atomic E-state index is 12.3. The number of carbonyl (C=O) groups excluding carboxylic acids is 1. The number of carbonyl (C=O) groups is 1. The molecule has 0 fully saturated rings. The van der Waals surface area contributed by atoms with Crippen molar-refractivity contribution in [1.29, 1.82) is 0 Å². The third kappa shape index (κ3) is 1.66. The van der Waals surface area contributed by atoms with Gasteiger partial charge < -0.3 is 10.2 Å².